The number of halogens is 1. The van der Waals surface area contributed by atoms with Crippen molar-refractivity contribution in [1.82, 2.24) is 9.62 Å². The Hall–Kier alpha value is -2.65. The van der Waals surface area contributed by atoms with Crippen LogP contribution in [-0.2, 0) is 14.8 Å². The van der Waals surface area contributed by atoms with Gasteiger partial charge < -0.3 is 14.8 Å². The average Bonchev–Trinajstić information content (AvgIpc) is 2.78. The SMILES string of the molecule is COc1ccccc1OCC(C)NC(=O)C1CCN(S(=O)(=O)c2ccc(F)cc2)CC1. The normalized spacial score (nSPS) is 16.5. The van der Waals surface area contributed by atoms with Crippen molar-refractivity contribution in [2.45, 2.75) is 30.7 Å². The maximum Gasteiger partial charge on any atom is 0.243 e. The molecule has 9 heteroatoms. The quantitative estimate of drug-likeness (QED) is 0.669. The van der Waals surface area contributed by atoms with Gasteiger partial charge in [0.1, 0.15) is 12.4 Å². The summed E-state index contributed by atoms with van der Waals surface area (Å²) in [5, 5.41) is 2.93. The van der Waals surface area contributed by atoms with Crippen LogP contribution in [0.3, 0.4) is 0 Å². The molecule has 0 saturated carbocycles. The smallest absolute Gasteiger partial charge is 0.243 e. The molecule has 168 valence electrons. The lowest BCUT2D eigenvalue weighted by Crippen LogP contribution is -2.45. The summed E-state index contributed by atoms with van der Waals surface area (Å²) in [6.07, 6.45) is 0.846. The summed E-state index contributed by atoms with van der Waals surface area (Å²) in [5.41, 5.74) is 0. The fraction of sp³-hybridized carbons (Fsp3) is 0.409. The molecule has 0 radical (unpaired) electrons. The summed E-state index contributed by atoms with van der Waals surface area (Å²) in [7, 11) is -2.13. The molecule has 0 bridgehead atoms. The van der Waals surface area contributed by atoms with Gasteiger partial charge in [0, 0.05) is 19.0 Å². The van der Waals surface area contributed by atoms with Crippen LogP contribution in [0.15, 0.2) is 53.4 Å². The van der Waals surface area contributed by atoms with Crippen molar-refractivity contribution in [3.8, 4) is 11.5 Å². The number of carbonyl (C=O) groups excluding carboxylic acids is 1. The Morgan fingerprint density at radius 2 is 1.74 bits per heavy atom. The van der Waals surface area contributed by atoms with Crippen molar-refractivity contribution in [1.29, 1.82) is 0 Å². The summed E-state index contributed by atoms with van der Waals surface area (Å²) in [6.45, 7) is 2.61. The van der Waals surface area contributed by atoms with Crippen LogP contribution in [-0.4, -0.2) is 51.5 Å². The fourth-order valence-corrected chi connectivity index (χ4v) is 4.94. The van der Waals surface area contributed by atoms with Gasteiger partial charge in [0.2, 0.25) is 15.9 Å². The predicted molar refractivity (Wildman–Crippen MR) is 114 cm³/mol. The summed E-state index contributed by atoms with van der Waals surface area (Å²) in [5.74, 6) is 0.350. The second-order valence-corrected chi connectivity index (χ2v) is 9.44. The Morgan fingerprint density at radius 1 is 1.13 bits per heavy atom. The molecule has 1 saturated heterocycles. The molecule has 1 unspecified atom stereocenters. The molecule has 0 aliphatic carbocycles. The van der Waals surface area contributed by atoms with E-state index in [1.807, 2.05) is 19.1 Å². The first-order chi connectivity index (χ1) is 14.8. The van der Waals surface area contributed by atoms with Crippen molar-refractivity contribution in [2.75, 3.05) is 26.8 Å². The van der Waals surface area contributed by atoms with Crippen molar-refractivity contribution < 1.29 is 27.1 Å². The summed E-state index contributed by atoms with van der Waals surface area (Å²) in [4.78, 5) is 12.7. The van der Waals surface area contributed by atoms with Gasteiger partial charge in [-0.3, -0.25) is 4.79 Å². The number of benzene rings is 2. The van der Waals surface area contributed by atoms with Crippen LogP contribution >= 0.6 is 0 Å². The Bertz CT molecular complexity index is 989. The molecule has 0 spiro atoms. The van der Waals surface area contributed by atoms with E-state index in [0.29, 0.717) is 24.3 Å². The van der Waals surface area contributed by atoms with Gasteiger partial charge in [-0.25, -0.2) is 12.8 Å². The first kappa shape index (κ1) is 23.0. The molecule has 1 heterocycles. The zero-order chi connectivity index (χ0) is 22.4. The minimum atomic E-state index is -3.69. The summed E-state index contributed by atoms with van der Waals surface area (Å²) < 4.78 is 50.8. The number of ether oxygens (including phenoxy) is 2. The fourth-order valence-electron chi connectivity index (χ4n) is 3.47. The van der Waals surface area contributed by atoms with Gasteiger partial charge in [-0.2, -0.15) is 4.31 Å². The van der Waals surface area contributed by atoms with E-state index >= 15 is 0 Å². The third kappa shape index (κ3) is 5.74. The zero-order valence-electron chi connectivity index (χ0n) is 17.6. The van der Waals surface area contributed by atoms with E-state index in [9.17, 15) is 17.6 Å². The van der Waals surface area contributed by atoms with Crippen LogP contribution in [0.25, 0.3) is 0 Å². The lowest BCUT2D eigenvalue weighted by molar-refractivity contribution is -0.126. The molecule has 7 nitrogen and oxygen atoms in total. The lowest BCUT2D eigenvalue weighted by Gasteiger charge is -2.31. The maximum atomic E-state index is 13.1. The minimum Gasteiger partial charge on any atom is -0.493 e. The van der Waals surface area contributed by atoms with Crippen LogP contribution in [0, 0.1) is 11.7 Å². The molecule has 1 aliphatic rings. The number of hydrogen-bond donors (Lipinski definition) is 1. The maximum absolute atomic E-state index is 13.1. The van der Waals surface area contributed by atoms with Gasteiger partial charge in [-0.1, -0.05) is 12.1 Å². The van der Waals surface area contributed by atoms with Gasteiger partial charge in [-0.05, 0) is 56.2 Å². The number of carbonyl (C=O) groups is 1. The number of methoxy groups -OCH3 is 1. The van der Waals surface area contributed by atoms with Crippen LogP contribution in [0.1, 0.15) is 19.8 Å². The Morgan fingerprint density at radius 3 is 2.35 bits per heavy atom. The molecule has 0 aromatic heterocycles. The van der Waals surface area contributed by atoms with E-state index in [0.717, 1.165) is 12.1 Å². The largest absolute Gasteiger partial charge is 0.493 e. The van der Waals surface area contributed by atoms with Crippen molar-refractivity contribution in [3.63, 3.8) is 0 Å². The van der Waals surface area contributed by atoms with E-state index in [-0.39, 0.29) is 42.5 Å². The molecule has 1 amide bonds. The van der Waals surface area contributed by atoms with Crippen molar-refractivity contribution >= 4 is 15.9 Å². The molecule has 1 atom stereocenters. The number of piperidine rings is 1. The molecule has 2 aromatic carbocycles. The van der Waals surface area contributed by atoms with E-state index in [4.69, 9.17) is 9.47 Å². The highest BCUT2D eigenvalue weighted by Gasteiger charge is 2.32. The molecule has 1 N–H and O–H groups in total. The standard InChI is InChI=1S/C22H27FN2O5S/c1-16(15-30-21-6-4-3-5-20(21)29-2)24-22(26)17-11-13-25(14-12-17)31(27,28)19-9-7-18(23)8-10-19/h3-10,16-17H,11-15H2,1-2H3,(H,24,26). The average molecular weight is 451 g/mol. The second kappa shape index (κ2) is 10.1. The number of nitrogens with zero attached hydrogens (tertiary/aromatic N) is 1. The molecule has 3 rings (SSSR count). The minimum absolute atomic E-state index is 0.0545. The third-order valence-corrected chi connectivity index (χ3v) is 7.14. The first-order valence-electron chi connectivity index (χ1n) is 10.1. The first-order valence-corrected chi connectivity index (χ1v) is 11.6. The van der Waals surface area contributed by atoms with Gasteiger partial charge in [-0.15, -0.1) is 0 Å². The second-order valence-electron chi connectivity index (χ2n) is 7.50. The Labute approximate surface area is 182 Å². The topological polar surface area (TPSA) is 84.9 Å². The van der Waals surface area contributed by atoms with Crippen LogP contribution in [0.4, 0.5) is 4.39 Å². The Balaban J connectivity index is 1.49. The number of nitrogens with one attached hydrogen (secondary N) is 1. The summed E-state index contributed by atoms with van der Waals surface area (Å²) >= 11 is 0. The van der Waals surface area contributed by atoms with Crippen molar-refractivity contribution in [3.05, 3.63) is 54.3 Å². The number of amides is 1. The molecule has 1 aliphatic heterocycles. The lowest BCUT2D eigenvalue weighted by atomic mass is 9.97. The highest BCUT2D eigenvalue weighted by Crippen LogP contribution is 2.26. The van der Waals surface area contributed by atoms with Crippen LogP contribution < -0.4 is 14.8 Å². The van der Waals surface area contributed by atoms with Gasteiger partial charge in [0.25, 0.3) is 0 Å². The van der Waals surface area contributed by atoms with Gasteiger partial charge in [0.05, 0.1) is 18.0 Å². The monoisotopic (exact) mass is 450 g/mol. The van der Waals surface area contributed by atoms with Gasteiger partial charge in [0.15, 0.2) is 11.5 Å². The number of sulfonamides is 1. The highest BCUT2D eigenvalue weighted by molar-refractivity contribution is 7.89. The molecular formula is C22H27FN2O5S. The predicted octanol–water partition coefficient (Wildman–Crippen LogP) is 2.82. The van der Waals surface area contributed by atoms with E-state index in [1.54, 1.807) is 19.2 Å². The number of para-hydroxylation sites is 2. The van der Waals surface area contributed by atoms with Gasteiger partial charge >= 0.3 is 0 Å². The molecule has 2 aromatic rings. The van der Waals surface area contributed by atoms with E-state index < -0.39 is 15.8 Å². The number of hydrogen-bond acceptors (Lipinski definition) is 5. The van der Waals surface area contributed by atoms with E-state index in [1.165, 1.54) is 16.4 Å². The van der Waals surface area contributed by atoms with E-state index in [2.05, 4.69) is 5.32 Å². The Kier molecular flexibility index (Phi) is 7.50. The molecule has 31 heavy (non-hydrogen) atoms. The zero-order valence-corrected chi connectivity index (χ0v) is 18.4. The highest BCUT2D eigenvalue weighted by atomic mass is 32.2. The summed E-state index contributed by atoms with van der Waals surface area (Å²) in [6, 6.07) is 11.8. The third-order valence-electron chi connectivity index (χ3n) is 5.22. The van der Waals surface area contributed by atoms with Crippen LogP contribution in [0.5, 0.6) is 11.5 Å². The molecule has 1 fully saturated rings. The van der Waals surface area contributed by atoms with Crippen molar-refractivity contribution in [2.24, 2.45) is 5.92 Å². The number of rotatable bonds is 8. The van der Waals surface area contributed by atoms with Crippen LogP contribution in [0.2, 0.25) is 0 Å². The molecular weight excluding hydrogens is 423 g/mol.